The maximum Gasteiger partial charge on any atom is 0.187 e. The van der Waals surface area contributed by atoms with Crippen LogP contribution in [0.1, 0.15) is 13.8 Å². The van der Waals surface area contributed by atoms with Crippen molar-refractivity contribution in [2.75, 3.05) is 12.5 Å². The second kappa shape index (κ2) is 14.0. The molecule has 0 amide bonds. The molecule has 0 saturated heterocycles. The lowest BCUT2D eigenvalue weighted by Gasteiger charge is -2.08. The molecule has 0 saturated carbocycles. The molecule has 42 heavy (non-hydrogen) atoms. The Balaban J connectivity index is 0.000000168. The van der Waals surface area contributed by atoms with E-state index >= 15 is 0 Å². The quantitative estimate of drug-likeness (QED) is 0.147. The third-order valence-electron chi connectivity index (χ3n) is 6.28. The third-order valence-corrected chi connectivity index (χ3v) is 7.40. The molecule has 0 spiro atoms. The number of rotatable bonds is 8. The van der Waals surface area contributed by atoms with E-state index in [9.17, 15) is 0 Å². The summed E-state index contributed by atoms with van der Waals surface area (Å²) in [6.07, 6.45) is 18.6. The minimum absolute atomic E-state index is 0.758. The molecule has 6 rings (SSSR count). The van der Waals surface area contributed by atoms with Crippen molar-refractivity contribution in [2.45, 2.75) is 37.2 Å². The summed E-state index contributed by atoms with van der Waals surface area (Å²) in [5, 5.41) is 10.6. The van der Waals surface area contributed by atoms with Gasteiger partial charge in [-0.25, -0.2) is 19.9 Å². The molecule has 10 nitrogen and oxygen atoms in total. The van der Waals surface area contributed by atoms with Crippen LogP contribution in [0.25, 0.3) is 45.0 Å². The van der Waals surface area contributed by atoms with Gasteiger partial charge in [-0.15, -0.1) is 0 Å². The van der Waals surface area contributed by atoms with Crippen molar-refractivity contribution in [1.29, 1.82) is 0 Å². The third kappa shape index (κ3) is 6.55. The van der Waals surface area contributed by atoms with E-state index < -0.39 is 0 Å². The maximum absolute atomic E-state index is 4.64. The van der Waals surface area contributed by atoms with Crippen LogP contribution in [0, 0.1) is 0 Å². The average molecular weight is 595 g/mol. The van der Waals surface area contributed by atoms with Crippen LogP contribution in [0.5, 0.6) is 0 Å². The summed E-state index contributed by atoms with van der Waals surface area (Å²) in [6.45, 7) is 5.75. The Bertz CT molecular complexity index is 1690. The van der Waals surface area contributed by atoms with Gasteiger partial charge < -0.3 is 0 Å². The molecule has 0 bridgehead atoms. The van der Waals surface area contributed by atoms with E-state index in [0.717, 1.165) is 68.4 Å². The fourth-order valence-electron chi connectivity index (χ4n) is 4.29. The van der Waals surface area contributed by atoms with Gasteiger partial charge in [-0.3, -0.25) is 19.3 Å². The molecule has 212 valence electrons. The lowest BCUT2D eigenvalue weighted by atomic mass is 10.1. The van der Waals surface area contributed by atoms with Crippen LogP contribution in [0.4, 0.5) is 0 Å². The standard InChI is InChI=1S/2C15H15N5S/c1-3-20-10-12(13-6-8-17-15(18-13)21-2)14(19-20)11-5-4-7-16-9-11;1-3-20-14(11-5-4-7-16-9-11)12(10-18-20)13-6-8-17-15(19-13)21-2/h2*4-10H,3H2,1-2H3. The van der Waals surface area contributed by atoms with Gasteiger partial charge in [0.1, 0.15) is 5.69 Å². The zero-order valence-corrected chi connectivity index (χ0v) is 25.4. The molecular formula is C30H30N10S2. The van der Waals surface area contributed by atoms with Crippen molar-refractivity contribution in [1.82, 2.24) is 49.5 Å². The zero-order chi connectivity index (χ0) is 29.3. The van der Waals surface area contributed by atoms with Crippen molar-refractivity contribution in [2.24, 2.45) is 0 Å². The van der Waals surface area contributed by atoms with Crippen molar-refractivity contribution in [3.8, 4) is 45.0 Å². The van der Waals surface area contributed by atoms with E-state index in [1.165, 1.54) is 23.5 Å². The van der Waals surface area contributed by atoms with Gasteiger partial charge in [0, 0.05) is 78.7 Å². The lowest BCUT2D eigenvalue weighted by Crippen LogP contribution is -2.00. The van der Waals surface area contributed by atoms with E-state index in [0.29, 0.717) is 0 Å². The Morgan fingerprint density at radius 2 is 1.31 bits per heavy atom. The Morgan fingerprint density at radius 3 is 1.86 bits per heavy atom. The molecule has 0 aliphatic rings. The smallest absolute Gasteiger partial charge is 0.187 e. The number of nitrogens with zero attached hydrogens (tertiary/aromatic N) is 10. The molecule has 0 aromatic carbocycles. The van der Waals surface area contributed by atoms with Gasteiger partial charge in [-0.2, -0.15) is 10.2 Å². The highest BCUT2D eigenvalue weighted by Crippen LogP contribution is 2.32. The number of thioether (sulfide) groups is 2. The van der Waals surface area contributed by atoms with Gasteiger partial charge in [0.15, 0.2) is 10.3 Å². The van der Waals surface area contributed by atoms with E-state index in [2.05, 4.69) is 53.9 Å². The highest BCUT2D eigenvalue weighted by atomic mass is 32.2. The molecule has 0 N–H and O–H groups in total. The largest absolute Gasteiger partial charge is 0.272 e. The molecule has 0 aliphatic carbocycles. The van der Waals surface area contributed by atoms with Crippen LogP contribution in [-0.4, -0.2) is 62.0 Å². The summed E-state index contributed by atoms with van der Waals surface area (Å²) in [5.74, 6) is 0. The second-order valence-electron chi connectivity index (χ2n) is 8.81. The number of aromatic nitrogens is 10. The SMILES string of the molecule is CCn1cc(-c2ccnc(SC)n2)c(-c2cccnc2)n1.CCn1ncc(-c2ccnc(SC)n2)c1-c1cccnc1. The fraction of sp³-hybridized carbons (Fsp3) is 0.200. The van der Waals surface area contributed by atoms with Gasteiger partial charge in [0.25, 0.3) is 0 Å². The van der Waals surface area contributed by atoms with E-state index in [-0.39, 0.29) is 0 Å². The van der Waals surface area contributed by atoms with Gasteiger partial charge in [-0.05, 0) is 62.8 Å². The summed E-state index contributed by atoms with van der Waals surface area (Å²) in [7, 11) is 0. The van der Waals surface area contributed by atoms with Crippen LogP contribution in [0.2, 0.25) is 0 Å². The molecule has 0 fully saturated rings. The van der Waals surface area contributed by atoms with Crippen LogP contribution in [0.3, 0.4) is 0 Å². The van der Waals surface area contributed by atoms with Crippen LogP contribution >= 0.6 is 23.5 Å². The number of hydrogen-bond donors (Lipinski definition) is 0. The van der Waals surface area contributed by atoms with E-state index in [1.807, 2.05) is 83.1 Å². The minimum Gasteiger partial charge on any atom is -0.272 e. The Morgan fingerprint density at radius 1 is 0.690 bits per heavy atom. The van der Waals surface area contributed by atoms with Crippen LogP contribution in [-0.2, 0) is 13.1 Å². The zero-order valence-electron chi connectivity index (χ0n) is 23.8. The predicted octanol–water partition coefficient (Wildman–Crippen LogP) is 6.29. The van der Waals surface area contributed by atoms with Crippen molar-refractivity contribution in [3.05, 3.63) is 86.0 Å². The first-order chi connectivity index (χ1) is 20.6. The first-order valence-corrected chi connectivity index (χ1v) is 15.8. The van der Waals surface area contributed by atoms with Crippen LogP contribution in [0.15, 0.2) is 96.3 Å². The van der Waals surface area contributed by atoms with Crippen molar-refractivity contribution in [3.63, 3.8) is 0 Å². The fourth-order valence-corrected chi connectivity index (χ4v) is 5.00. The number of hydrogen-bond acceptors (Lipinski definition) is 10. The molecule has 0 atom stereocenters. The highest BCUT2D eigenvalue weighted by molar-refractivity contribution is 7.98. The molecule has 6 aromatic rings. The first-order valence-electron chi connectivity index (χ1n) is 13.3. The van der Waals surface area contributed by atoms with Gasteiger partial charge >= 0.3 is 0 Å². The monoisotopic (exact) mass is 594 g/mol. The molecule has 0 radical (unpaired) electrons. The maximum atomic E-state index is 4.64. The normalized spacial score (nSPS) is 10.8. The predicted molar refractivity (Wildman–Crippen MR) is 168 cm³/mol. The summed E-state index contributed by atoms with van der Waals surface area (Å²) in [5.41, 5.74) is 7.73. The first kappa shape index (κ1) is 29.1. The Hall–Kier alpha value is -4.42. The van der Waals surface area contributed by atoms with Gasteiger partial charge in [0.05, 0.1) is 23.3 Å². The Kier molecular flexibility index (Phi) is 9.67. The van der Waals surface area contributed by atoms with Gasteiger partial charge in [0.2, 0.25) is 0 Å². The molecule has 0 unspecified atom stereocenters. The highest BCUT2D eigenvalue weighted by Gasteiger charge is 2.16. The second-order valence-corrected chi connectivity index (χ2v) is 10.4. The minimum atomic E-state index is 0.758. The average Bonchev–Trinajstić information content (AvgIpc) is 3.71. The summed E-state index contributed by atoms with van der Waals surface area (Å²) in [6, 6.07) is 11.7. The summed E-state index contributed by atoms with van der Waals surface area (Å²) in [4.78, 5) is 26.0. The van der Waals surface area contributed by atoms with E-state index in [1.54, 1.807) is 24.8 Å². The van der Waals surface area contributed by atoms with Crippen LogP contribution < -0.4 is 0 Å². The molecule has 12 heteroatoms. The Labute approximate surface area is 253 Å². The molecular weight excluding hydrogens is 565 g/mol. The molecule has 0 aliphatic heterocycles. The molecule has 6 aromatic heterocycles. The summed E-state index contributed by atoms with van der Waals surface area (Å²) >= 11 is 3.06. The molecule has 6 heterocycles. The summed E-state index contributed by atoms with van der Waals surface area (Å²) < 4.78 is 3.88. The lowest BCUT2D eigenvalue weighted by molar-refractivity contribution is 0.662. The van der Waals surface area contributed by atoms with Crippen molar-refractivity contribution >= 4 is 23.5 Å². The van der Waals surface area contributed by atoms with E-state index in [4.69, 9.17) is 0 Å². The van der Waals surface area contributed by atoms with Gasteiger partial charge in [-0.1, -0.05) is 23.5 Å². The number of aryl methyl sites for hydroxylation is 2. The number of pyridine rings is 2. The van der Waals surface area contributed by atoms with Crippen molar-refractivity contribution < 1.29 is 0 Å². The topological polar surface area (TPSA) is 113 Å².